The van der Waals surface area contributed by atoms with Crippen LogP contribution in [0.15, 0.2) is 35.2 Å². The minimum Gasteiger partial charge on any atom is -0.493 e. The molecule has 14 heteroatoms. The van der Waals surface area contributed by atoms with Crippen LogP contribution in [0.5, 0.6) is 11.5 Å². The second kappa shape index (κ2) is 12.0. The zero-order valence-corrected chi connectivity index (χ0v) is 22.5. The van der Waals surface area contributed by atoms with Gasteiger partial charge in [0.1, 0.15) is 35.2 Å². The van der Waals surface area contributed by atoms with E-state index in [4.69, 9.17) is 42.1 Å². The minimum atomic E-state index is -4.42. The highest BCUT2D eigenvalue weighted by atomic mass is 35.5. The first-order valence-corrected chi connectivity index (χ1v) is 13.1. The Labute approximate surface area is 223 Å². The van der Waals surface area contributed by atoms with Crippen LogP contribution in [0.4, 0.5) is 0 Å². The van der Waals surface area contributed by atoms with Crippen molar-refractivity contribution >= 4 is 51.1 Å². The van der Waals surface area contributed by atoms with Crippen LogP contribution in [-0.4, -0.2) is 82.7 Å². The van der Waals surface area contributed by atoms with Crippen molar-refractivity contribution in [3.8, 4) is 11.5 Å². The number of likely N-dealkylation sites (N-methyl/N-ethyl adjacent to an activating group) is 1. The van der Waals surface area contributed by atoms with Gasteiger partial charge in [-0.3, -0.25) is 14.5 Å². The number of halogens is 2. The summed E-state index contributed by atoms with van der Waals surface area (Å²) in [7, 11) is -0.989. The van der Waals surface area contributed by atoms with Crippen molar-refractivity contribution in [1.29, 1.82) is 0 Å². The van der Waals surface area contributed by atoms with E-state index in [1.54, 1.807) is 25.9 Å². The fourth-order valence-corrected chi connectivity index (χ4v) is 5.32. The maximum atomic E-state index is 13.2. The summed E-state index contributed by atoms with van der Waals surface area (Å²) < 4.78 is 47.9. The third-order valence-electron chi connectivity index (χ3n) is 4.89. The lowest BCUT2D eigenvalue weighted by Gasteiger charge is -2.15. The van der Waals surface area contributed by atoms with E-state index in [0.717, 1.165) is 6.07 Å². The average molecular weight is 575 g/mol. The monoisotopic (exact) mass is 574 g/mol. The Morgan fingerprint density at radius 1 is 1.03 bits per heavy atom. The molecule has 1 aliphatic rings. The van der Waals surface area contributed by atoms with Crippen molar-refractivity contribution in [2.75, 3.05) is 47.2 Å². The average Bonchev–Trinajstić information content (AvgIpc) is 3.00. The maximum Gasteiger partial charge on any atom is 0.342 e. The fourth-order valence-electron chi connectivity index (χ4n) is 3.31. The largest absolute Gasteiger partial charge is 0.493 e. The molecule has 37 heavy (non-hydrogen) atoms. The molecular formula is C23H24Cl2N2O9S. The topological polar surface area (TPSA) is 129 Å². The van der Waals surface area contributed by atoms with Crippen LogP contribution in [-0.2, 0) is 24.3 Å². The summed E-state index contributed by atoms with van der Waals surface area (Å²) in [5.41, 5.74) is -0.386. The molecule has 0 fully saturated rings. The summed E-state index contributed by atoms with van der Waals surface area (Å²) in [5, 5.41) is 0.00779. The quantitative estimate of drug-likeness (QED) is 0.291. The summed E-state index contributed by atoms with van der Waals surface area (Å²) >= 11 is 12.0. The molecule has 0 bridgehead atoms. The molecule has 1 heterocycles. The molecule has 2 aromatic rings. The van der Waals surface area contributed by atoms with Gasteiger partial charge in [0.2, 0.25) is 0 Å². The zero-order valence-electron chi connectivity index (χ0n) is 20.2. The van der Waals surface area contributed by atoms with E-state index in [-0.39, 0.29) is 63.9 Å². The van der Waals surface area contributed by atoms with E-state index >= 15 is 0 Å². The number of amides is 1. The van der Waals surface area contributed by atoms with Crippen molar-refractivity contribution in [2.45, 2.75) is 11.8 Å². The van der Waals surface area contributed by atoms with E-state index in [9.17, 15) is 22.8 Å². The molecule has 11 nitrogen and oxygen atoms in total. The summed E-state index contributed by atoms with van der Waals surface area (Å²) in [6.07, 6.45) is 0. The van der Waals surface area contributed by atoms with Crippen molar-refractivity contribution in [1.82, 2.24) is 9.21 Å². The molecule has 2 aromatic carbocycles. The van der Waals surface area contributed by atoms with Gasteiger partial charge in [-0.2, -0.15) is 4.31 Å². The highest BCUT2D eigenvalue weighted by molar-refractivity contribution is 7.90. The Morgan fingerprint density at radius 3 is 2.32 bits per heavy atom. The van der Waals surface area contributed by atoms with Gasteiger partial charge in [-0.15, -0.1) is 0 Å². The summed E-state index contributed by atoms with van der Waals surface area (Å²) in [6, 6.07) is 6.86. The van der Waals surface area contributed by atoms with Gasteiger partial charge in [0, 0.05) is 12.1 Å². The summed E-state index contributed by atoms with van der Waals surface area (Å²) in [5.74, 6) is -2.36. The molecule has 0 saturated heterocycles. The Balaban J connectivity index is 1.78. The van der Waals surface area contributed by atoms with E-state index < -0.39 is 34.6 Å². The number of nitrogens with zero attached hydrogens (tertiary/aromatic N) is 2. The predicted octanol–water partition coefficient (Wildman–Crippen LogP) is 2.83. The highest BCUT2D eigenvalue weighted by Gasteiger charge is 2.45. The Morgan fingerprint density at radius 2 is 1.70 bits per heavy atom. The van der Waals surface area contributed by atoms with Crippen molar-refractivity contribution < 1.29 is 41.7 Å². The molecule has 3 rings (SSSR count). The number of carbonyl (C=O) groups excluding carboxylic acids is 3. The lowest BCUT2D eigenvalue weighted by atomic mass is 10.1. The first kappa shape index (κ1) is 28.5. The van der Waals surface area contributed by atoms with Crippen LogP contribution in [0, 0.1) is 0 Å². The summed E-state index contributed by atoms with van der Waals surface area (Å²) in [4.78, 5) is 38.5. The van der Waals surface area contributed by atoms with Crippen molar-refractivity contribution in [2.24, 2.45) is 0 Å². The SMILES string of the molecule is CCOc1cc(OCCOC(=O)CN(C)C)cc2c1C(=O)N(COC(=O)c1c(Cl)cccc1Cl)S2(=O)=O. The molecule has 0 saturated carbocycles. The molecule has 1 amide bonds. The fraction of sp³-hybridized carbons (Fsp3) is 0.348. The minimum absolute atomic E-state index is 0.00390. The smallest absolute Gasteiger partial charge is 0.342 e. The molecular weight excluding hydrogens is 551 g/mol. The highest BCUT2D eigenvalue weighted by Crippen LogP contribution is 2.40. The molecule has 0 unspecified atom stereocenters. The molecule has 1 aliphatic heterocycles. The molecule has 0 atom stereocenters. The number of rotatable bonds is 11. The lowest BCUT2D eigenvalue weighted by Crippen LogP contribution is -2.33. The Bertz CT molecular complexity index is 1300. The molecule has 0 aliphatic carbocycles. The third-order valence-corrected chi connectivity index (χ3v) is 7.25. The molecule has 0 radical (unpaired) electrons. The number of hydrogen-bond donors (Lipinski definition) is 0. The van der Waals surface area contributed by atoms with E-state index in [2.05, 4.69) is 0 Å². The normalized spacial score (nSPS) is 13.9. The van der Waals surface area contributed by atoms with Gasteiger partial charge in [-0.1, -0.05) is 29.3 Å². The predicted molar refractivity (Wildman–Crippen MR) is 133 cm³/mol. The van der Waals surface area contributed by atoms with Crippen LogP contribution in [0.3, 0.4) is 0 Å². The van der Waals surface area contributed by atoms with Crippen molar-refractivity contribution in [3.05, 3.63) is 51.5 Å². The van der Waals surface area contributed by atoms with Gasteiger partial charge in [0.25, 0.3) is 15.9 Å². The van der Waals surface area contributed by atoms with E-state index in [0.29, 0.717) is 4.31 Å². The number of carbonyl (C=O) groups is 3. The van der Waals surface area contributed by atoms with Crippen LogP contribution < -0.4 is 9.47 Å². The lowest BCUT2D eigenvalue weighted by molar-refractivity contribution is -0.145. The first-order valence-electron chi connectivity index (χ1n) is 10.9. The van der Waals surface area contributed by atoms with Gasteiger partial charge in [-0.05, 0) is 33.2 Å². The number of benzene rings is 2. The molecule has 0 spiro atoms. The maximum absolute atomic E-state index is 13.2. The second-order valence-electron chi connectivity index (χ2n) is 7.85. The molecule has 0 aromatic heterocycles. The first-order chi connectivity index (χ1) is 17.5. The van der Waals surface area contributed by atoms with Crippen LogP contribution >= 0.6 is 23.2 Å². The number of esters is 2. The Hall–Kier alpha value is -3.06. The van der Waals surface area contributed by atoms with E-state index in [1.807, 2.05) is 0 Å². The summed E-state index contributed by atoms with van der Waals surface area (Å²) in [6.45, 7) is 0.816. The number of fused-ring (bicyclic) bond motifs is 1. The number of sulfonamides is 1. The number of ether oxygens (including phenoxy) is 4. The van der Waals surface area contributed by atoms with Gasteiger partial charge >= 0.3 is 11.9 Å². The second-order valence-corrected chi connectivity index (χ2v) is 10.5. The van der Waals surface area contributed by atoms with Crippen LogP contribution in [0.1, 0.15) is 27.6 Å². The van der Waals surface area contributed by atoms with Crippen LogP contribution in [0.2, 0.25) is 10.0 Å². The van der Waals surface area contributed by atoms with Gasteiger partial charge in [0.05, 0.1) is 28.8 Å². The van der Waals surface area contributed by atoms with Gasteiger partial charge in [0.15, 0.2) is 6.73 Å². The zero-order chi connectivity index (χ0) is 27.3. The third kappa shape index (κ3) is 6.45. The van der Waals surface area contributed by atoms with Crippen molar-refractivity contribution in [3.63, 3.8) is 0 Å². The van der Waals surface area contributed by atoms with E-state index in [1.165, 1.54) is 24.3 Å². The standard InChI is InChI=1S/C23H24Cl2N2O9S/c1-4-33-17-10-14(34-8-9-35-19(28)12-26(2)3)11-18-21(17)22(29)27(37(18,31)32)13-36-23(30)20-15(24)6-5-7-16(20)25/h5-7,10-11H,4,8-9,12-13H2,1-3H3. The Kier molecular flexibility index (Phi) is 9.24. The molecule has 0 N–H and O–H groups in total. The van der Waals surface area contributed by atoms with Crippen LogP contribution in [0.25, 0.3) is 0 Å². The number of hydrogen-bond acceptors (Lipinski definition) is 10. The van der Waals surface area contributed by atoms with Gasteiger partial charge in [-0.25, -0.2) is 13.2 Å². The van der Waals surface area contributed by atoms with Gasteiger partial charge < -0.3 is 18.9 Å². The molecule has 200 valence electrons.